The highest BCUT2D eigenvalue weighted by atomic mass is 31.2. The van der Waals surface area contributed by atoms with Gasteiger partial charge in [-0.05, 0) is 43.5 Å². The lowest BCUT2D eigenvalue weighted by Gasteiger charge is -2.42. The number of nitrogens with one attached hydrogen (secondary N) is 1. The van der Waals surface area contributed by atoms with Gasteiger partial charge in [-0.1, -0.05) is 256 Å². The summed E-state index contributed by atoms with van der Waals surface area (Å²) in [7, 11) is -4.78. The Morgan fingerprint density at radius 2 is 0.975 bits per heavy atom. The summed E-state index contributed by atoms with van der Waals surface area (Å²) >= 11 is 0. The molecule has 14 nitrogen and oxygen atoms in total. The summed E-state index contributed by atoms with van der Waals surface area (Å²) in [6.45, 7) is 5.94. The molecule has 0 aliphatic carbocycles. The first kappa shape index (κ1) is 69.3. The molecule has 3 N–H and O–H groups in total. The van der Waals surface area contributed by atoms with E-state index in [-0.39, 0.29) is 24.5 Å². The summed E-state index contributed by atoms with van der Waals surface area (Å²) in [5, 5.41) is 23.4. The molecule has 1 aliphatic heterocycles. The second-order valence-electron chi connectivity index (χ2n) is 22.2. The quantitative estimate of drug-likeness (QED) is 0.0322. The number of benzene rings is 2. The molecule has 3 rings (SSSR count). The number of phosphoric ester groups is 1. The van der Waals surface area contributed by atoms with Crippen LogP contribution in [-0.2, 0) is 42.5 Å². The molecule has 1 fully saturated rings. The van der Waals surface area contributed by atoms with E-state index in [0.717, 1.165) is 77.0 Å². The number of aliphatic carboxylic acids is 1. The van der Waals surface area contributed by atoms with E-state index in [1.807, 2.05) is 0 Å². The Labute approximate surface area is 476 Å². The molecule has 0 radical (unpaired) electrons. The Bertz CT molecular complexity index is 1860. The minimum atomic E-state index is -4.78. The predicted molar refractivity (Wildman–Crippen MR) is 314 cm³/mol. The largest absolute Gasteiger partial charge is 0.588 e. The van der Waals surface area contributed by atoms with E-state index in [0.29, 0.717) is 19.3 Å². The number of para-hydroxylation sites is 2. The van der Waals surface area contributed by atoms with Crippen molar-refractivity contribution < 1.29 is 61.7 Å². The van der Waals surface area contributed by atoms with Gasteiger partial charge < -0.3 is 38.8 Å². The maximum atomic E-state index is 15.2. The topological polar surface area (TPSA) is 193 Å². The van der Waals surface area contributed by atoms with Crippen LogP contribution in [0.4, 0.5) is 0 Å². The molecule has 2 aromatic carbocycles. The first-order valence-corrected chi connectivity index (χ1v) is 32.9. The summed E-state index contributed by atoms with van der Waals surface area (Å²) in [4.78, 5) is 53.3. The molecule has 0 aromatic heterocycles. The van der Waals surface area contributed by atoms with E-state index in [4.69, 9.17) is 27.8 Å². The van der Waals surface area contributed by atoms with Gasteiger partial charge in [0.25, 0.3) is 0 Å². The second kappa shape index (κ2) is 44.7. The number of aliphatic hydroxyl groups excluding tert-OH is 1. The average molecular weight is 1130 g/mol. The minimum absolute atomic E-state index is 0.147. The van der Waals surface area contributed by atoms with Crippen molar-refractivity contribution in [2.45, 2.75) is 289 Å². The number of hydrogen-bond acceptors (Lipinski definition) is 12. The molecule has 1 saturated heterocycles. The molecule has 1 amide bonds. The van der Waals surface area contributed by atoms with E-state index >= 15 is 4.57 Å². The van der Waals surface area contributed by atoms with Gasteiger partial charge in [0.1, 0.15) is 30.3 Å². The Morgan fingerprint density at radius 1 is 0.570 bits per heavy atom. The van der Waals surface area contributed by atoms with Gasteiger partial charge in [0.2, 0.25) is 5.91 Å². The standard InChI is InChI=1S/C64H106NO13P/c1-4-7-10-13-16-19-21-22-25-27-30-35-42-53(41-34-29-26-24-20-17-14-11-8-5-2)64(71)75-62-57(65-59(67)50-54(66)43-36-31-28-23-18-15-12-9-6-3)51-73-58(52-74-61(70)49-48-60(68)69)63(62)78-79(72,76-55-44-37-32-38-45-55)77-56-46-39-33-40-47-56/h32-33,37-40,44-47,53-54,57-58,62-63,66H,4-31,34-36,41-43,48-52H2,1-3H3,(H,65,67)(H,68,69)/t53?,54-,57+,58-,62-,63-/m1/s1. The van der Waals surface area contributed by atoms with Crippen molar-refractivity contribution in [3.8, 4) is 11.5 Å². The maximum absolute atomic E-state index is 15.2. The van der Waals surface area contributed by atoms with Crippen LogP contribution < -0.4 is 14.4 Å². The normalized spacial score (nSPS) is 17.2. The zero-order valence-corrected chi connectivity index (χ0v) is 50.0. The SMILES string of the molecule is CCCCCCCCCCCCCCC(CCCCCCCCCCCC)C(=O)O[C@H]1[C@H](OP(=O)(Oc2ccccc2)Oc2ccccc2)[C@@H](COC(=O)CCC(=O)O)OC[C@@H]1NC(=O)C[C@H](O)CCCCCCCCCCC. The van der Waals surface area contributed by atoms with Crippen molar-refractivity contribution >= 4 is 31.6 Å². The lowest BCUT2D eigenvalue weighted by atomic mass is 9.93. The molecule has 0 saturated carbocycles. The van der Waals surface area contributed by atoms with E-state index in [1.165, 1.54) is 122 Å². The van der Waals surface area contributed by atoms with E-state index < -0.39 is 87.5 Å². The van der Waals surface area contributed by atoms with Crippen LogP contribution in [0, 0.1) is 5.92 Å². The second-order valence-corrected chi connectivity index (χ2v) is 23.6. The molecule has 1 heterocycles. The summed E-state index contributed by atoms with van der Waals surface area (Å²) in [6, 6.07) is 15.5. The number of carbonyl (C=O) groups excluding carboxylic acids is 3. The number of rotatable bonds is 50. The van der Waals surface area contributed by atoms with Crippen LogP contribution in [-0.4, -0.2) is 77.7 Å². The van der Waals surface area contributed by atoms with Crippen molar-refractivity contribution in [3.05, 3.63) is 60.7 Å². The van der Waals surface area contributed by atoms with Crippen LogP contribution in [0.25, 0.3) is 0 Å². The third kappa shape index (κ3) is 33.5. The smallest absolute Gasteiger partial charge is 0.481 e. The van der Waals surface area contributed by atoms with Gasteiger partial charge in [0.05, 0.1) is 43.9 Å². The van der Waals surface area contributed by atoms with Crippen LogP contribution in [0.1, 0.15) is 258 Å². The monoisotopic (exact) mass is 1130 g/mol. The molecular weight excluding hydrogens is 1020 g/mol. The molecule has 1 unspecified atom stereocenters. The fourth-order valence-electron chi connectivity index (χ4n) is 10.3. The Kier molecular flexibility index (Phi) is 39.2. The molecule has 79 heavy (non-hydrogen) atoms. The molecule has 6 atom stereocenters. The van der Waals surface area contributed by atoms with Crippen LogP contribution >= 0.6 is 7.82 Å². The van der Waals surface area contributed by atoms with Gasteiger partial charge in [-0.3, -0.25) is 23.7 Å². The molecular formula is C64H106NO13P. The summed E-state index contributed by atoms with van der Waals surface area (Å²) < 4.78 is 52.4. The first-order chi connectivity index (χ1) is 38.5. The number of carboxylic acid groups (broad SMARTS) is 1. The fraction of sp³-hybridized carbons (Fsp3) is 0.750. The molecule has 0 spiro atoms. The molecule has 1 aliphatic rings. The van der Waals surface area contributed by atoms with Crippen LogP contribution in [0.5, 0.6) is 11.5 Å². The first-order valence-electron chi connectivity index (χ1n) is 31.4. The zero-order chi connectivity index (χ0) is 57.0. The number of esters is 2. The molecule has 450 valence electrons. The Morgan fingerprint density at radius 3 is 1.39 bits per heavy atom. The van der Waals surface area contributed by atoms with Gasteiger partial charge in [0, 0.05) is 0 Å². The van der Waals surface area contributed by atoms with Crippen molar-refractivity contribution in [2.24, 2.45) is 5.92 Å². The Balaban J connectivity index is 1.93. The summed E-state index contributed by atoms with van der Waals surface area (Å²) in [5.41, 5.74) is 0. The highest BCUT2D eigenvalue weighted by Crippen LogP contribution is 2.52. The van der Waals surface area contributed by atoms with Crippen molar-refractivity contribution in [1.82, 2.24) is 5.32 Å². The van der Waals surface area contributed by atoms with Gasteiger partial charge in [-0.2, -0.15) is 0 Å². The highest BCUT2D eigenvalue weighted by Gasteiger charge is 2.51. The fourth-order valence-corrected chi connectivity index (χ4v) is 11.7. The number of ether oxygens (including phenoxy) is 3. The van der Waals surface area contributed by atoms with E-state index in [2.05, 4.69) is 26.1 Å². The van der Waals surface area contributed by atoms with Gasteiger partial charge >= 0.3 is 25.7 Å². The number of unbranched alkanes of at least 4 members (excludes halogenated alkanes) is 28. The molecule has 15 heteroatoms. The number of phosphoric acid groups is 1. The lowest BCUT2D eigenvalue weighted by Crippen LogP contribution is -2.62. The summed E-state index contributed by atoms with van der Waals surface area (Å²) in [6.07, 6.45) is 31.3. The summed E-state index contributed by atoms with van der Waals surface area (Å²) in [5.74, 6) is -3.19. The highest BCUT2D eigenvalue weighted by molar-refractivity contribution is 7.49. The third-order valence-electron chi connectivity index (χ3n) is 15.0. The van der Waals surface area contributed by atoms with Crippen molar-refractivity contribution in [2.75, 3.05) is 13.2 Å². The third-order valence-corrected chi connectivity index (χ3v) is 16.4. The average Bonchev–Trinajstić information content (AvgIpc) is 3.44. The van der Waals surface area contributed by atoms with E-state index in [9.17, 15) is 29.4 Å². The number of aliphatic hydroxyl groups is 1. The predicted octanol–water partition coefficient (Wildman–Crippen LogP) is 16.5. The van der Waals surface area contributed by atoms with Crippen LogP contribution in [0.15, 0.2) is 60.7 Å². The Hall–Kier alpha value is -3.97. The number of carboxylic acids is 1. The zero-order valence-electron chi connectivity index (χ0n) is 49.1. The van der Waals surface area contributed by atoms with Crippen LogP contribution in [0.3, 0.4) is 0 Å². The van der Waals surface area contributed by atoms with E-state index in [1.54, 1.807) is 60.7 Å². The minimum Gasteiger partial charge on any atom is -0.481 e. The van der Waals surface area contributed by atoms with Crippen LogP contribution in [0.2, 0.25) is 0 Å². The molecule has 0 bridgehead atoms. The number of hydrogen-bond donors (Lipinski definition) is 3. The maximum Gasteiger partial charge on any atom is 0.588 e. The van der Waals surface area contributed by atoms with Crippen molar-refractivity contribution in [1.29, 1.82) is 0 Å². The number of amides is 1. The molecule has 2 aromatic rings. The van der Waals surface area contributed by atoms with Gasteiger partial charge in [-0.25, -0.2) is 4.57 Å². The number of carbonyl (C=O) groups is 4. The van der Waals surface area contributed by atoms with Crippen molar-refractivity contribution in [3.63, 3.8) is 0 Å². The van der Waals surface area contributed by atoms with Gasteiger partial charge in [-0.15, -0.1) is 0 Å². The lowest BCUT2D eigenvalue weighted by molar-refractivity contribution is -0.195. The van der Waals surface area contributed by atoms with Gasteiger partial charge in [0.15, 0.2) is 6.10 Å².